The van der Waals surface area contributed by atoms with E-state index in [9.17, 15) is 0 Å². The molecule has 0 N–H and O–H groups in total. The second kappa shape index (κ2) is 7.26. The first-order valence-corrected chi connectivity index (χ1v) is 9.17. The lowest BCUT2D eigenvalue weighted by Crippen LogP contribution is -2.47. The Morgan fingerprint density at radius 3 is 2.33 bits per heavy atom. The Morgan fingerprint density at radius 2 is 1.63 bits per heavy atom. The highest BCUT2D eigenvalue weighted by molar-refractivity contribution is 5.60. The van der Waals surface area contributed by atoms with Crippen LogP contribution in [0.5, 0.6) is 0 Å². The number of rotatable bonds is 3. The summed E-state index contributed by atoms with van der Waals surface area (Å²) in [5.74, 6) is 3.54. The summed E-state index contributed by atoms with van der Waals surface area (Å²) in [7, 11) is 0. The molecule has 1 fully saturated rings. The minimum Gasteiger partial charge on any atom is -0.353 e. The van der Waals surface area contributed by atoms with E-state index in [-0.39, 0.29) is 0 Å². The summed E-state index contributed by atoms with van der Waals surface area (Å²) in [5.41, 5.74) is 3.08. The molecule has 0 aliphatic carbocycles. The van der Waals surface area contributed by atoms with Crippen LogP contribution in [0.3, 0.4) is 0 Å². The van der Waals surface area contributed by atoms with E-state index in [1.54, 1.807) is 6.20 Å². The zero-order valence-electron chi connectivity index (χ0n) is 15.9. The molecule has 138 valence electrons. The standard InChI is InChI=1S/C20H23N7/c1-14-15(2)23-19(17-5-4-7-21-13-17)25-20(14)27-11-9-26(10-12-27)18-6-8-22-16(3)24-18/h4-8,13H,9-12H2,1-3H3. The molecule has 0 atom stereocenters. The van der Waals surface area contributed by atoms with Crippen molar-refractivity contribution in [3.63, 3.8) is 0 Å². The summed E-state index contributed by atoms with van der Waals surface area (Å²) in [5, 5.41) is 0. The van der Waals surface area contributed by atoms with Crippen molar-refractivity contribution in [2.24, 2.45) is 0 Å². The molecule has 0 unspecified atom stereocenters. The van der Waals surface area contributed by atoms with Crippen LogP contribution in [0.25, 0.3) is 11.4 Å². The average Bonchev–Trinajstić information content (AvgIpc) is 2.71. The molecule has 7 nitrogen and oxygen atoms in total. The normalized spacial score (nSPS) is 14.5. The Morgan fingerprint density at radius 1 is 0.852 bits per heavy atom. The van der Waals surface area contributed by atoms with Crippen molar-refractivity contribution in [1.82, 2.24) is 24.9 Å². The van der Waals surface area contributed by atoms with Gasteiger partial charge in [-0.15, -0.1) is 0 Å². The van der Waals surface area contributed by atoms with Gasteiger partial charge in [-0.25, -0.2) is 19.9 Å². The summed E-state index contributed by atoms with van der Waals surface area (Å²) in [4.78, 5) is 27.1. The topological polar surface area (TPSA) is 70.9 Å². The van der Waals surface area contributed by atoms with Gasteiger partial charge in [0.2, 0.25) is 0 Å². The molecule has 1 aliphatic rings. The number of hydrogen-bond donors (Lipinski definition) is 0. The Kier molecular flexibility index (Phi) is 4.66. The first-order chi connectivity index (χ1) is 13.1. The van der Waals surface area contributed by atoms with Gasteiger partial charge in [-0.05, 0) is 39.0 Å². The number of anilines is 2. The summed E-state index contributed by atoms with van der Waals surface area (Å²) in [6.07, 6.45) is 5.39. The third-order valence-corrected chi connectivity index (χ3v) is 4.95. The van der Waals surface area contributed by atoms with Crippen molar-refractivity contribution in [2.45, 2.75) is 20.8 Å². The van der Waals surface area contributed by atoms with E-state index in [1.807, 2.05) is 44.4 Å². The summed E-state index contributed by atoms with van der Waals surface area (Å²) in [6.45, 7) is 9.66. The number of aryl methyl sites for hydroxylation is 2. The Bertz CT molecular complexity index is 934. The van der Waals surface area contributed by atoms with Gasteiger partial charge in [-0.1, -0.05) is 0 Å². The first-order valence-electron chi connectivity index (χ1n) is 9.17. The van der Waals surface area contributed by atoms with E-state index in [1.165, 1.54) is 0 Å². The molecule has 0 aromatic carbocycles. The van der Waals surface area contributed by atoms with Crippen molar-refractivity contribution < 1.29 is 0 Å². The molecule has 0 spiro atoms. The van der Waals surface area contributed by atoms with Crippen LogP contribution in [0.2, 0.25) is 0 Å². The van der Waals surface area contributed by atoms with Crippen LogP contribution in [0, 0.1) is 20.8 Å². The van der Waals surface area contributed by atoms with Gasteiger partial charge < -0.3 is 9.80 Å². The predicted octanol–water partition coefficient (Wildman–Crippen LogP) is 2.58. The zero-order chi connectivity index (χ0) is 18.8. The fourth-order valence-electron chi connectivity index (χ4n) is 3.31. The number of pyridine rings is 1. The largest absolute Gasteiger partial charge is 0.353 e. The molecule has 3 aromatic heterocycles. The van der Waals surface area contributed by atoms with Crippen LogP contribution >= 0.6 is 0 Å². The highest BCUT2D eigenvalue weighted by Crippen LogP contribution is 2.25. The van der Waals surface area contributed by atoms with Crippen LogP contribution in [0.1, 0.15) is 17.1 Å². The quantitative estimate of drug-likeness (QED) is 0.710. The Labute approximate surface area is 159 Å². The van der Waals surface area contributed by atoms with Crippen LogP contribution in [-0.4, -0.2) is 51.1 Å². The fraction of sp³-hybridized carbons (Fsp3) is 0.350. The van der Waals surface area contributed by atoms with Crippen molar-refractivity contribution in [2.75, 3.05) is 36.0 Å². The van der Waals surface area contributed by atoms with Crippen molar-refractivity contribution in [3.8, 4) is 11.4 Å². The molecule has 0 saturated carbocycles. The van der Waals surface area contributed by atoms with Gasteiger partial charge in [0.1, 0.15) is 17.5 Å². The lowest BCUT2D eigenvalue weighted by Gasteiger charge is -2.36. The molecule has 0 amide bonds. The molecule has 0 radical (unpaired) electrons. The number of hydrogen-bond acceptors (Lipinski definition) is 7. The van der Waals surface area contributed by atoms with Crippen molar-refractivity contribution in [3.05, 3.63) is 53.9 Å². The average molecular weight is 361 g/mol. The predicted molar refractivity (Wildman–Crippen MR) is 106 cm³/mol. The summed E-state index contributed by atoms with van der Waals surface area (Å²) in [6, 6.07) is 5.88. The van der Waals surface area contributed by atoms with Crippen LogP contribution < -0.4 is 9.80 Å². The van der Waals surface area contributed by atoms with E-state index in [0.717, 1.165) is 66.3 Å². The molecule has 0 bridgehead atoms. The van der Waals surface area contributed by atoms with Gasteiger partial charge in [0, 0.05) is 61.6 Å². The molecule has 27 heavy (non-hydrogen) atoms. The highest BCUT2D eigenvalue weighted by atomic mass is 15.3. The molecule has 3 aromatic rings. The highest BCUT2D eigenvalue weighted by Gasteiger charge is 2.22. The van der Waals surface area contributed by atoms with Crippen molar-refractivity contribution >= 4 is 11.6 Å². The van der Waals surface area contributed by atoms with Gasteiger partial charge in [0.25, 0.3) is 0 Å². The summed E-state index contributed by atoms with van der Waals surface area (Å²) < 4.78 is 0. The van der Waals surface area contributed by atoms with Gasteiger partial charge in [-0.2, -0.15) is 0 Å². The number of piperazine rings is 1. The van der Waals surface area contributed by atoms with E-state index in [0.29, 0.717) is 0 Å². The van der Waals surface area contributed by atoms with E-state index < -0.39 is 0 Å². The number of aromatic nitrogens is 5. The van der Waals surface area contributed by atoms with Gasteiger partial charge in [0.05, 0.1) is 0 Å². The second-order valence-corrected chi connectivity index (χ2v) is 6.76. The first kappa shape index (κ1) is 17.3. The molecule has 4 rings (SSSR count). The monoisotopic (exact) mass is 361 g/mol. The number of nitrogens with zero attached hydrogens (tertiary/aromatic N) is 7. The molecular formula is C20H23N7. The van der Waals surface area contributed by atoms with Crippen LogP contribution in [0.4, 0.5) is 11.6 Å². The van der Waals surface area contributed by atoms with E-state index in [4.69, 9.17) is 4.98 Å². The third-order valence-electron chi connectivity index (χ3n) is 4.95. The van der Waals surface area contributed by atoms with Crippen molar-refractivity contribution in [1.29, 1.82) is 0 Å². The molecule has 1 aliphatic heterocycles. The third kappa shape index (κ3) is 3.58. The Balaban J connectivity index is 1.57. The maximum Gasteiger partial charge on any atom is 0.163 e. The van der Waals surface area contributed by atoms with Gasteiger partial charge >= 0.3 is 0 Å². The van der Waals surface area contributed by atoms with Gasteiger partial charge in [0.15, 0.2) is 5.82 Å². The van der Waals surface area contributed by atoms with E-state index in [2.05, 4.69) is 36.7 Å². The van der Waals surface area contributed by atoms with E-state index >= 15 is 0 Å². The van der Waals surface area contributed by atoms with Gasteiger partial charge in [-0.3, -0.25) is 4.98 Å². The molecule has 7 heteroatoms. The maximum atomic E-state index is 4.87. The molecule has 1 saturated heterocycles. The lowest BCUT2D eigenvalue weighted by atomic mass is 10.2. The minimum atomic E-state index is 0.732. The van der Waals surface area contributed by atoms with Crippen LogP contribution in [-0.2, 0) is 0 Å². The lowest BCUT2D eigenvalue weighted by molar-refractivity contribution is 0.637. The molecule has 4 heterocycles. The SMILES string of the molecule is Cc1nccc(N2CCN(c3nc(-c4cccnc4)nc(C)c3C)CC2)n1. The zero-order valence-corrected chi connectivity index (χ0v) is 15.9. The second-order valence-electron chi connectivity index (χ2n) is 6.76. The maximum absolute atomic E-state index is 4.87. The molecular weight excluding hydrogens is 338 g/mol. The van der Waals surface area contributed by atoms with Crippen LogP contribution in [0.15, 0.2) is 36.8 Å². The fourth-order valence-corrected chi connectivity index (χ4v) is 3.31. The Hall–Kier alpha value is -3.09. The minimum absolute atomic E-state index is 0.732. The smallest absolute Gasteiger partial charge is 0.163 e. The summed E-state index contributed by atoms with van der Waals surface area (Å²) >= 11 is 0.